The molecule has 1 aliphatic rings. The fraction of sp³-hybridized carbons (Fsp3) is 0.478. The van der Waals surface area contributed by atoms with Crippen molar-refractivity contribution in [1.82, 2.24) is 0 Å². The summed E-state index contributed by atoms with van der Waals surface area (Å²) in [6.45, 7) is 10.7. The van der Waals surface area contributed by atoms with E-state index in [2.05, 4.69) is 20.8 Å². The number of carbonyl (C=O) groups excluding carboxylic acids is 1. The number of ether oxygens (including phenoxy) is 1. The number of esters is 1. The molecule has 146 valence electrons. The van der Waals surface area contributed by atoms with Crippen molar-refractivity contribution in [2.24, 2.45) is 11.8 Å². The Bertz CT molecular complexity index is 741. The monoisotopic (exact) mass is 371 g/mol. The van der Waals surface area contributed by atoms with E-state index in [1.54, 1.807) is 6.07 Å². The van der Waals surface area contributed by atoms with Gasteiger partial charge in [0.2, 0.25) is 0 Å². The highest BCUT2D eigenvalue weighted by Gasteiger charge is 2.19. The number of benzene rings is 1. The third-order valence-corrected chi connectivity index (χ3v) is 4.53. The molecular formula is C23H30FNO2. The number of halogens is 1. The van der Waals surface area contributed by atoms with Crippen molar-refractivity contribution >= 4 is 5.97 Å². The van der Waals surface area contributed by atoms with Gasteiger partial charge in [0.25, 0.3) is 0 Å². The molecule has 0 aliphatic heterocycles. The van der Waals surface area contributed by atoms with Crippen molar-refractivity contribution in [2.75, 3.05) is 0 Å². The Morgan fingerprint density at radius 2 is 1.89 bits per heavy atom. The predicted molar refractivity (Wildman–Crippen MR) is 107 cm³/mol. The zero-order valence-electron chi connectivity index (χ0n) is 17.0. The van der Waals surface area contributed by atoms with Gasteiger partial charge in [-0.1, -0.05) is 58.8 Å². The first-order chi connectivity index (χ1) is 12.9. The highest BCUT2D eigenvalue weighted by atomic mass is 19.1. The fourth-order valence-corrected chi connectivity index (χ4v) is 2.83. The lowest BCUT2D eigenvalue weighted by molar-refractivity contribution is -0.130. The number of nitrogens with zero attached hydrogens (tertiary/aromatic N) is 1. The van der Waals surface area contributed by atoms with Gasteiger partial charge in [-0.05, 0) is 43.2 Å². The van der Waals surface area contributed by atoms with Crippen molar-refractivity contribution in [3.05, 3.63) is 52.9 Å². The maximum atomic E-state index is 13.6. The number of allylic oxidation sites excluding steroid dienone is 3. The molecule has 1 aromatic carbocycles. The summed E-state index contributed by atoms with van der Waals surface area (Å²) < 4.78 is 18.8. The Kier molecular flexibility index (Phi) is 9.50. The van der Waals surface area contributed by atoms with Crippen LogP contribution in [0, 0.1) is 29.0 Å². The molecule has 1 unspecified atom stereocenters. The minimum absolute atomic E-state index is 0.0698. The highest BCUT2D eigenvalue weighted by molar-refractivity contribution is 5.90. The van der Waals surface area contributed by atoms with Crippen molar-refractivity contribution in [3.63, 3.8) is 0 Å². The summed E-state index contributed by atoms with van der Waals surface area (Å²) >= 11 is 0. The lowest BCUT2D eigenvalue weighted by atomic mass is 9.86. The van der Waals surface area contributed by atoms with Gasteiger partial charge in [-0.3, -0.25) is 0 Å². The van der Waals surface area contributed by atoms with E-state index in [1.165, 1.54) is 24.1 Å². The second-order valence-corrected chi connectivity index (χ2v) is 6.95. The number of hydrogen-bond donors (Lipinski definition) is 0. The lowest BCUT2D eigenvalue weighted by Crippen LogP contribution is -2.14. The Labute approximate surface area is 162 Å². The lowest BCUT2D eigenvalue weighted by Gasteiger charge is -2.20. The standard InChI is InChI=1S/C21H24FNO2.C2H6/c1-14(2)4-5-15(3)16-6-8-17(9-7-16)21(24)25-19-11-10-18(13-23)20(22)12-19;1-2/h6,8,10-12,14-15H,4-5,7,9H2,1-3H3;1-2H3. The fourth-order valence-electron chi connectivity index (χ4n) is 2.83. The van der Waals surface area contributed by atoms with Crippen LogP contribution in [0.1, 0.15) is 65.9 Å². The summed E-state index contributed by atoms with van der Waals surface area (Å²) in [7, 11) is 0. The molecule has 1 aliphatic carbocycles. The normalized spacial score (nSPS) is 14.3. The molecule has 3 nitrogen and oxygen atoms in total. The van der Waals surface area contributed by atoms with Crippen LogP contribution >= 0.6 is 0 Å². The molecular weight excluding hydrogens is 341 g/mol. The maximum absolute atomic E-state index is 13.6. The Balaban J connectivity index is 0.00000176. The highest BCUT2D eigenvalue weighted by Crippen LogP contribution is 2.29. The summed E-state index contributed by atoms with van der Waals surface area (Å²) in [6, 6.07) is 5.54. The molecule has 2 rings (SSSR count). The van der Waals surface area contributed by atoms with E-state index >= 15 is 0 Å². The average Bonchev–Trinajstić information content (AvgIpc) is 2.68. The van der Waals surface area contributed by atoms with Gasteiger partial charge in [-0.25, -0.2) is 9.18 Å². The molecule has 1 atom stereocenters. The van der Waals surface area contributed by atoms with Crippen LogP contribution in [0.25, 0.3) is 0 Å². The summed E-state index contributed by atoms with van der Waals surface area (Å²) in [5.74, 6) is 0.174. The van der Waals surface area contributed by atoms with Gasteiger partial charge in [0, 0.05) is 11.6 Å². The molecule has 0 fully saturated rings. The average molecular weight is 371 g/mol. The van der Waals surface area contributed by atoms with Crippen LogP contribution in [0.4, 0.5) is 4.39 Å². The van der Waals surface area contributed by atoms with Crippen molar-refractivity contribution in [3.8, 4) is 11.8 Å². The third kappa shape index (κ3) is 7.02. The molecule has 0 amide bonds. The molecule has 0 spiro atoms. The summed E-state index contributed by atoms with van der Waals surface area (Å²) in [5, 5.41) is 8.72. The van der Waals surface area contributed by atoms with Crippen molar-refractivity contribution in [1.29, 1.82) is 5.26 Å². The van der Waals surface area contributed by atoms with Crippen LogP contribution in [0.5, 0.6) is 5.75 Å². The van der Waals surface area contributed by atoms with E-state index in [0.717, 1.165) is 18.9 Å². The number of hydrogen-bond acceptors (Lipinski definition) is 3. The van der Waals surface area contributed by atoms with Crippen LogP contribution < -0.4 is 4.74 Å². The summed E-state index contributed by atoms with van der Waals surface area (Å²) in [4.78, 5) is 12.2. The van der Waals surface area contributed by atoms with Gasteiger partial charge < -0.3 is 4.74 Å². The van der Waals surface area contributed by atoms with Gasteiger partial charge in [0.05, 0.1) is 5.56 Å². The Morgan fingerprint density at radius 1 is 1.19 bits per heavy atom. The van der Waals surface area contributed by atoms with E-state index in [9.17, 15) is 9.18 Å². The van der Waals surface area contributed by atoms with Gasteiger partial charge in [0.1, 0.15) is 17.6 Å². The SMILES string of the molecule is CC.CC(C)CCC(C)C1=CC=C(C(=O)Oc2ccc(C#N)c(F)c2)CC1. The summed E-state index contributed by atoms with van der Waals surface area (Å²) in [6.07, 6.45) is 7.66. The molecule has 0 radical (unpaired) electrons. The van der Waals surface area contributed by atoms with Gasteiger partial charge in [0.15, 0.2) is 0 Å². The van der Waals surface area contributed by atoms with Crippen LogP contribution in [-0.2, 0) is 4.79 Å². The molecule has 0 saturated carbocycles. The topological polar surface area (TPSA) is 50.1 Å². The Morgan fingerprint density at radius 3 is 2.41 bits per heavy atom. The van der Waals surface area contributed by atoms with Crippen LogP contribution in [0.15, 0.2) is 41.5 Å². The quantitative estimate of drug-likeness (QED) is 0.432. The maximum Gasteiger partial charge on any atom is 0.339 e. The van der Waals surface area contributed by atoms with E-state index in [0.29, 0.717) is 23.8 Å². The van der Waals surface area contributed by atoms with Gasteiger partial charge >= 0.3 is 5.97 Å². The third-order valence-electron chi connectivity index (χ3n) is 4.53. The van der Waals surface area contributed by atoms with Crippen LogP contribution in [0.3, 0.4) is 0 Å². The first-order valence-electron chi connectivity index (χ1n) is 9.72. The van der Waals surface area contributed by atoms with Gasteiger partial charge in [-0.2, -0.15) is 5.26 Å². The molecule has 0 N–H and O–H groups in total. The van der Waals surface area contributed by atoms with E-state index < -0.39 is 11.8 Å². The molecule has 0 heterocycles. The van der Waals surface area contributed by atoms with E-state index in [1.807, 2.05) is 26.0 Å². The zero-order valence-corrected chi connectivity index (χ0v) is 17.0. The zero-order chi connectivity index (χ0) is 20.4. The first kappa shape index (κ1) is 22.6. The first-order valence-corrected chi connectivity index (χ1v) is 9.72. The molecule has 0 bridgehead atoms. The molecule has 0 saturated heterocycles. The number of carbonyl (C=O) groups is 1. The van der Waals surface area contributed by atoms with Crippen molar-refractivity contribution in [2.45, 2.75) is 60.3 Å². The second-order valence-electron chi connectivity index (χ2n) is 6.95. The minimum Gasteiger partial charge on any atom is -0.423 e. The van der Waals surface area contributed by atoms with E-state index in [4.69, 9.17) is 10.00 Å². The van der Waals surface area contributed by atoms with Crippen LogP contribution in [0.2, 0.25) is 0 Å². The van der Waals surface area contributed by atoms with Crippen molar-refractivity contribution < 1.29 is 13.9 Å². The smallest absolute Gasteiger partial charge is 0.339 e. The molecule has 0 aromatic heterocycles. The largest absolute Gasteiger partial charge is 0.423 e. The summed E-state index contributed by atoms with van der Waals surface area (Å²) in [5.41, 5.74) is 1.88. The predicted octanol–water partition coefficient (Wildman–Crippen LogP) is 6.35. The number of rotatable bonds is 6. The number of nitriles is 1. The second kappa shape index (κ2) is 11.3. The van der Waals surface area contributed by atoms with Gasteiger partial charge in [-0.15, -0.1) is 0 Å². The Hall–Kier alpha value is -2.41. The van der Waals surface area contributed by atoms with Crippen LogP contribution in [-0.4, -0.2) is 5.97 Å². The molecule has 1 aromatic rings. The molecule has 27 heavy (non-hydrogen) atoms. The minimum atomic E-state index is -0.688. The van der Waals surface area contributed by atoms with E-state index in [-0.39, 0.29) is 11.3 Å². The molecule has 4 heteroatoms.